The molecule has 1 heterocycles. The topological polar surface area (TPSA) is 205 Å². The van der Waals surface area contributed by atoms with Gasteiger partial charge in [0, 0.05) is 19.8 Å². The van der Waals surface area contributed by atoms with Crippen LogP contribution in [0.1, 0.15) is 239 Å². The third-order valence-electron chi connectivity index (χ3n) is 12.0. The number of hydrogen-bond acceptors (Lipinski definition) is 13. The van der Waals surface area contributed by atoms with Crippen molar-refractivity contribution < 1.29 is 67.2 Å². The third-order valence-corrected chi connectivity index (χ3v) is 12.9. The van der Waals surface area contributed by atoms with Gasteiger partial charge in [0.15, 0.2) is 12.4 Å². The highest BCUT2D eigenvalue weighted by Gasteiger charge is 2.47. The summed E-state index contributed by atoms with van der Waals surface area (Å²) in [5, 5.41) is 30.9. The zero-order chi connectivity index (χ0) is 47.1. The second-order valence-electron chi connectivity index (χ2n) is 18.1. The standard InChI is InChI=1S/C49H93O14P/c1-4-6-8-10-12-14-16-18-20-21-23-25-27-29-31-33-35-37-45(52)61-42(38-59-44(51)36-34-32-30-28-26-24-22-19-17-15-13-11-9-7-5-2)39-60-64(56,57)63-49-48(55)47(54)46(53)43(62-49)40-58-41(3)50/h42-43,46-49,53-55H,4-40H2,1-3H3,(H,56,57)/t42-,43-,46-,47+,48-,49+/m1/s1. The number of esters is 3. The van der Waals surface area contributed by atoms with Crippen LogP contribution in [0.5, 0.6) is 0 Å². The Kier molecular flexibility index (Phi) is 38.1. The second kappa shape index (κ2) is 40.4. The highest BCUT2D eigenvalue weighted by molar-refractivity contribution is 7.47. The zero-order valence-corrected chi connectivity index (χ0v) is 41.3. The fourth-order valence-electron chi connectivity index (χ4n) is 7.93. The lowest BCUT2D eigenvalue weighted by molar-refractivity contribution is -0.282. The molecular weight excluding hydrogens is 843 g/mol. The van der Waals surface area contributed by atoms with Crippen molar-refractivity contribution in [3.8, 4) is 0 Å². The molecule has 0 saturated carbocycles. The number of aliphatic hydroxyl groups is 3. The molecule has 0 bridgehead atoms. The van der Waals surface area contributed by atoms with Gasteiger partial charge in [-0.2, -0.15) is 0 Å². The van der Waals surface area contributed by atoms with Gasteiger partial charge in [0.1, 0.15) is 37.6 Å². The minimum absolute atomic E-state index is 0.113. The number of carbonyl (C=O) groups is 3. The molecule has 0 radical (unpaired) electrons. The molecule has 7 atom stereocenters. The summed E-state index contributed by atoms with van der Waals surface area (Å²) in [6.07, 6.45) is 28.9. The van der Waals surface area contributed by atoms with E-state index in [0.29, 0.717) is 12.8 Å². The first-order chi connectivity index (χ1) is 30.9. The van der Waals surface area contributed by atoms with E-state index in [1.54, 1.807) is 0 Å². The Labute approximate surface area is 387 Å². The minimum atomic E-state index is -5.07. The van der Waals surface area contributed by atoms with E-state index in [1.807, 2.05) is 0 Å². The van der Waals surface area contributed by atoms with Gasteiger partial charge in [-0.1, -0.05) is 206 Å². The van der Waals surface area contributed by atoms with E-state index >= 15 is 0 Å². The van der Waals surface area contributed by atoms with Crippen molar-refractivity contribution in [3.63, 3.8) is 0 Å². The largest absolute Gasteiger partial charge is 0.474 e. The average molecular weight is 937 g/mol. The Morgan fingerprint density at radius 3 is 1.28 bits per heavy atom. The number of unbranched alkanes of at least 4 members (excludes halogenated alkanes) is 30. The summed E-state index contributed by atoms with van der Waals surface area (Å²) in [6.45, 7) is 3.97. The van der Waals surface area contributed by atoms with Crippen LogP contribution in [0.4, 0.5) is 0 Å². The van der Waals surface area contributed by atoms with E-state index in [-0.39, 0.29) is 12.8 Å². The molecule has 1 fully saturated rings. The lowest BCUT2D eigenvalue weighted by Gasteiger charge is -2.40. The molecule has 1 rings (SSSR count). The van der Waals surface area contributed by atoms with Gasteiger partial charge in [-0.05, 0) is 12.8 Å². The Morgan fingerprint density at radius 1 is 0.516 bits per heavy atom. The van der Waals surface area contributed by atoms with E-state index in [2.05, 4.69) is 13.8 Å². The first-order valence-corrected chi connectivity index (χ1v) is 27.2. The summed E-state index contributed by atoms with van der Waals surface area (Å²) in [5.74, 6) is -1.76. The quantitative estimate of drug-likeness (QED) is 0.0194. The number of phosphoric ester groups is 1. The molecule has 0 aromatic rings. The lowest BCUT2D eigenvalue weighted by atomic mass is 9.99. The molecule has 378 valence electrons. The van der Waals surface area contributed by atoms with Gasteiger partial charge in [0.2, 0.25) is 0 Å². The molecule has 0 aromatic carbocycles. The summed E-state index contributed by atoms with van der Waals surface area (Å²) in [5.41, 5.74) is 0. The van der Waals surface area contributed by atoms with Crippen LogP contribution in [-0.2, 0) is 46.9 Å². The maximum atomic E-state index is 13.0. The van der Waals surface area contributed by atoms with Crippen molar-refractivity contribution >= 4 is 25.7 Å². The van der Waals surface area contributed by atoms with Crippen LogP contribution in [0.15, 0.2) is 0 Å². The van der Waals surface area contributed by atoms with Crippen molar-refractivity contribution in [1.29, 1.82) is 0 Å². The molecule has 0 aromatic heterocycles. The van der Waals surface area contributed by atoms with Crippen molar-refractivity contribution in [1.82, 2.24) is 0 Å². The maximum absolute atomic E-state index is 13.0. The molecule has 1 saturated heterocycles. The van der Waals surface area contributed by atoms with E-state index in [4.69, 9.17) is 28.0 Å². The van der Waals surface area contributed by atoms with Gasteiger partial charge >= 0.3 is 25.7 Å². The molecule has 0 spiro atoms. The number of hydrogen-bond donors (Lipinski definition) is 4. The van der Waals surface area contributed by atoms with Crippen LogP contribution >= 0.6 is 7.82 Å². The molecule has 64 heavy (non-hydrogen) atoms. The number of phosphoric acid groups is 1. The Bertz CT molecular complexity index is 1190. The van der Waals surface area contributed by atoms with Crippen LogP contribution in [0, 0.1) is 0 Å². The Morgan fingerprint density at radius 2 is 0.891 bits per heavy atom. The molecule has 14 nitrogen and oxygen atoms in total. The number of ether oxygens (including phenoxy) is 4. The van der Waals surface area contributed by atoms with Crippen molar-refractivity contribution in [2.75, 3.05) is 19.8 Å². The molecule has 0 amide bonds. The SMILES string of the molecule is CCCCCCCCCCCCCCCCCCCC(=O)O[C@H](COC(=O)CCCCCCCCCCCCCCCCC)COP(=O)(O)O[C@@H]1O[C@H](COC(C)=O)[C@@H](O)[C@H](O)[C@H]1O. The number of aliphatic hydroxyl groups excluding tert-OH is 3. The van der Waals surface area contributed by atoms with Gasteiger partial charge in [-0.15, -0.1) is 0 Å². The smallest absolute Gasteiger partial charge is 0.463 e. The van der Waals surface area contributed by atoms with Crippen LogP contribution in [0.3, 0.4) is 0 Å². The predicted molar refractivity (Wildman–Crippen MR) is 249 cm³/mol. The third kappa shape index (κ3) is 33.8. The number of carbonyl (C=O) groups excluding carboxylic acids is 3. The van der Waals surface area contributed by atoms with Crippen LogP contribution in [-0.4, -0.2) is 94.8 Å². The maximum Gasteiger partial charge on any atom is 0.474 e. The first kappa shape index (κ1) is 60.4. The molecule has 4 N–H and O–H groups in total. The van der Waals surface area contributed by atoms with Gasteiger partial charge in [-0.3, -0.25) is 23.4 Å². The van der Waals surface area contributed by atoms with Crippen LogP contribution < -0.4 is 0 Å². The average Bonchev–Trinajstić information content (AvgIpc) is 3.26. The zero-order valence-electron chi connectivity index (χ0n) is 40.4. The summed E-state index contributed by atoms with van der Waals surface area (Å²) >= 11 is 0. The second-order valence-corrected chi connectivity index (χ2v) is 19.5. The predicted octanol–water partition coefficient (Wildman–Crippen LogP) is 11.2. The Balaban J connectivity index is 2.48. The van der Waals surface area contributed by atoms with E-state index in [0.717, 1.165) is 45.4 Å². The first-order valence-electron chi connectivity index (χ1n) is 25.7. The normalized spacial score (nSPS) is 20.1. The van der Waals surface area contributed by atoms with Crippen molar-refractivity contribution in [2.24, 2.45) is 0 Å². The molecule has 1 aliphatic heterocycles. The molecule has 15 heteroatoms. The highest BCUT2D eigenvalue weighted by atomic mass is 31.2. The van der Waals surface area contributed by atoms with E-state index < -0.39 is 82.4 Å². The molecule has 1 unspecified atom stereocenters. The molecule has 0 aliphatic carbocycles. The fraction of sp³-hybridized carbons (Fsp3) is 0.939. The van der Waals surface area contributed by atoms with Gasteiger partial charge in [0.05, 0.1) is 6.61 Å². The summed E-state index contributed by atoms with van der Waals surface area (Å²) in [4.78, 5) is 47.3. The monoisotopic (exact) mass is 937 g/mol. The van der Waals surface area contributed by atoms with E-state index in [1.165, 1.54) is 154 Å². The highest BCUT2D eigenvalue weighted by Crippen LogP contribution is 2.46. The van der Waals surface area contributed by atoms with E-state index in [9.17, 15) is 39.2 Å². The van der Waals surface area contributed by atoms with Crippen molar-refractivity contribution in [2.45, 2.75) is 276 Å². The summed E-state index contributed by atoms with van der Waals surface area (Å²) in [6, 6.07) is 0. The van der Waals surface area contributed by atoms with Gasteiger partial charge < -0.3 is 39.2 Å². The van der Waals surface area contributed by atoms with Crippen LogP contribution in [0.25, 0.3) is 0 Å². The summed E-state index contributed by atoms with van der Waals surface area (Å²) < 4.78 is 44.1. The van der Waals surface area contributed by atoms with Crippen molar-refractivity contribution in [3.05, 3.63) is 0 Å². The molecule has 1 aliphatic rings. The minimum Gasteiger partial charge on any atom is -0.463 e. The fourth-order valence-corrected chi connectivity index (χ4v) is 8.79. The Hall–Kier alpha value is -1.64. The van der Waals surface area contributed by atoms with Gasteiger partial charge in [-0.25, -0.2) is 4.57 Å². The number of rotatable bonds is 44. The van der Waals surface area contributed by atoms with Gasteiger partial charge in [0.25, 0.3) is 0 Å². The molecular formula is C49H93O14P. The lowest BCUT2D eigenvalue weighted by Crippen LogP contribution is -2.59. The summed E-state index contributed by atoms with van der Waals surface area (Å²) in [7, 11) is -5.07. The van der Waals surface area contributed by atoms with Crippen LogP contribution in [0.2, 0.25) is 0 Å².